The third-order valence-corrected chi connectivity index (χ3v) is 3.09. The van der Waals surface area contributed by atoms with Crippen molar-refractivity contribution in [3.63, 3.8) is 0 Å². The van der Waals surface area contributed by atoms with E-state index in [1.807, 2.05) is 0 Å². The number of rotatable bonds is 4. The number of carboxylic acid groups (broad SMARTS) is 4. The SMILES string of the molecule is O=C(O)c1cc([O-])c(C(=O)O)cc1[O-].O=C(O)c1cc([O-])c(C(=O)O)cc1[O-].[Fe+2].[Ni+2]. The molecule has 0 radical (unpaired) electrons. The van der Waals surface area contributed by atoms with Crippen LogP contribution in [0.3, 0.4) is 0 Å². The molecule has 0 saturated heterocycles. The van der Waals surface area contributed by atoms with Crippen LogP contribution in [0.2, 0.25) is 0 Å². The Hall–Kier alpha value is -3.47. The third kappa shape index (κ3) is 6.85. The predicted molar refractivity (Wildman–Crippen MR) is 78.5 cm³/mol. The number of benzene rings is 2. The fraction of sp³-hybridized carbons (Fsp3) is 0. The monoisotopic (exact) mass is 506 g/mol. The molecule has 0 aliphatic rings. The molecule has 14 heteroatoms. The number of hydrogen-bond acceptors (Lipinski definition) is 8. The van der Waals surface area contributed by atoms with Crippen LogP contribution in [0.15, 0.2) is 24.3 Å². The quantitative estimate of drug-likeness (QED) is 0.344. The molecule has 2 aromatic rings. The summed E-state index contributed by atoms with van der Waals surface area (Å²) in [4.78, 5) is 41.5. The minimum absolute atomic E-state index is 0. The minimum atomic E-state index is -1.55. The van der Waals surface area contributed by atoms with E-state index in [9.17, 15) is 39.6 Å². The van der Waals surface area contributed by atoms with Crippen molar-refractivity contribution in [3.8, 4) is 23.0 Å². The zero-order chi connectivity index (χ0) is 21.8. The molecular weight excluding hydrogens is 499 g/mol. The fourth-order valence-electron chi connectivity index (χ4n) is 1.79. The van der Waals surface area contributed by atoms with Gasteiger partial charge in [0, 0.05) is 0 Å². The van der Waals surface area contributed by atoms with Crippen molar-refractivity contribution >= 4 is 23.9 Å². The predicted octanol–water partition coefficient (Wildman–Crippen LogP) is -1.54. The maximum Gasteiger partial charge on any atom is 2.00 e. The molecule has 12 nitrogen and oxygen atoms in total. The summed E-state index contributed by atoms with van der Waals surface area (Å²) < 4.78 is 0. The molecule has 2 aromatic carbocycles. The zero-order valence-electron chi connectivity index (χ0n) is 14.0. The summed E-state index contributed by atoms with van der Waals surface area (Å²) in [6.45, 7) is 0. The Balaban J connectivity index is 0. The maximum absolute atomic E-state index is 11.0. The summed E-state index contributed by atoms with van der Waals surface area (Å²) in [7, 11) is 0. The van der Waals surface area contributed by atoms with E-state index < -0.39 is 69.1 Å². The van der Waals surface area contributed by atoms with Crippen molar-refractivity contribution in [2.45, 2.75) is 0 Å². The van der Waals surface area contributed by atoms with Crippen molar-refractivity contribution in [2.75, 3.05) is 0 Å². The van der Waals surface area contributed by atoms with Gasteiger partial charge in [-0.2, -0.15) is 0 Å². The standard InChI is InChI=1S/2C8H6O6.Fe.Ni/c2*9-5-1-3(7(11)12)6(10)2-4(5)8(13)14;;/h2*1-2,9-10H,(H,11,12)(H,13,14);;/q;;2*+2/p-4. The number of hydrogen-bond donors (Lipinski definition) is 4. The topological polar surface area (TPSA) is 241 Å². The van der Waals surface area contributed by atoms with E-state index in [1.54, 1.807) is 0 Å². The molecule has 2 rings (SSSR count). The Labute approximate surface area is 187 Å². The summed E-state index contributed by atoms with van der Waals surface area (Å²) in [6.07, 6.45) is 0. The molecule has 0 aromatic heterocycles. The van der Waals surface area contributed by atoms with Gasteiger partial charge in [0.1, 0.15) is 0 Å². The van der Waals surface area contributed by atoms with Gasteiger partial charge in [-0.3, -0.25) is 0 Å². The molecule has 0 spiro atoms. The molecule has 4 N–H and O–H groups in total. The molecular formula is C16H8FeNiO12. The van der Waals surface area contributed by atoms with E-state index in [0.717, 1.165) is 0 Å². The Kier molecular flexibility index (Phi) is 11.0. The van der Waals surface area contributed by atoms with Gasteiger partial charge < -0.3 is 40.9 Å². The second kappa shape index (κ2) is 11.5. The summed E-state index contributed by atoms with van der Waals surface area (Å²) in [6, 6.07) is 2.03. The number of carbonyl (C=O) groups is 4. The fourth-order valence-corrected chi connectivity index (χ4v) is 1.79. The number of carboxylic acids is 4. The van der Waals surface area contributed by atoms with Crippen molar-refractivity contribution < 1.29 is 93.6 Å². The van der Waals surface area contributed by atoms with Gasteiger partial charge in [-0.1, -0.05) is 47.3 Å². The van der Waals surface area contributed by atoms with Gasteiger partial charge in [-0.15, -0.1) is 0 Å². The van der Waals surface area contributed by atoms with E-state index in [2.05, 4.69) is 0 Å². The molecule has 0 bridgehead atoms. The summed E-state index contributed by atoms with van der Waals surface area (Å²) in [5.74, 6) is -10.2. The normalized spacial score (nSPS) is 9.07. The van der Waals surface area contributed by atoms with Crippen LogP contribution in [0.4, 0.5) is 0 Å². The van der Waals surface area contributed by atoms with Crippen LogP contribution < -0.4 is 20.4 Å². The van der Waals surface area contributed by atoms with E-state index in [4.69, 9.17) is 20.4 Å². The summed E-state index contributed by atoms with van der Waals surface area (Å²) >= 11 is 0. The Bertz CT molecular complexity index is 830. The van der Waals surface area contributed by atoms with Crippen LogP contribution in [0.1, 0.15) is 41.4 Å². The second-order valence-corrected chi connectivity index (χ2v) is 4.91. The first-order valence-electron chi connectivity index (χ1n) is 6.84. The van der Waals surface area contributed by atoms with Crippen molar-refractivity contribution in [1.82, 2.24) is 0 Å². The minimum Gasteiger partial charge on any atom is -0.872 e. The zero-order valence-corrected chi connectivity index (χ0v) is 16.1. The Morgan fingerprint density at radius 3 is 0.733 bits per heavy atom. The van der Waals surface area contributed by atoms with Gasteiger partial charge in [0.05, 0.1) is 22.3 Å². The van der Waals surface area contributed by atoms with E-state index >= 15 is 0 Å². The maximum atomic E-state index is 11.0. The Morgan fingerprint density at radius 1 is 0.500 bits per heavy atom. The van der Waals surface area contributed by atoms with Crippen LogP contribution in [-0.2, 0) is 33.6 Å². The van der Waals surface area contributed by atoms with Crippen LogP contribution in [-0.4, -0.2) is 44.3 Å². The molecule has 0 saturated carbocycles. The average molecular weight is 507 g/mol. The van der Waals surface area contributed by atoms with Crippen LogP contribution in [0, 0.1) is 0 Å². The van der Waals surface area contributed by atoms with E-state index in [-0.39, 0.29) is 33.6 Å². The van der Waals surface area contributed by atoms with E-state index in [0.29, 0.717) is 24.3 Å². The largest absolute Gasteiger partial charge is 2.00 e. The molecule has 0 atom stereocenters. The van der Waals surface area contributed by atoms with Gasteiger partial charge in [0.15, 0.2) is 0 Å². The Morgan fingerprint density at radius 2 is 0.633 bits per heavy atom. The van der Waals surface area contributed by atoms with Crippen molar-refractivity contribution in [2.24, 2.45) is 0 Å². The van der Waals surface area contributed by atoms with Crippen LogP contribution in [0.25, 0.3) is 0 Å². The van der Waals surface area contributed by atoms with Gasteiger partial charge in [-0.25, -0.2) is 19.2 Å². The molecule has 0 fully saturated rings. The molecule has 30 heavy (non-hydrogen) atoms. The smallest absolute Gasteiger partial charge is 0.872 e. The van der Waals surface area contributed by atoms with E-state index in [1.165, 1.54) is 0 Å². The molecule has 0 aliphatic heterocycles. The third-order valence-electron chi connectivity index (χ3n) is 3.09. The molecule has 0 amide bonds. The summed E-state index contributed by atoms with van der Waals surface area (Å²) in [5.41, 5.74) is -2.89. The molecule has 162 valence electrons. The first-order chi connectivity index (χ1) is 12.9. The van der Waals surface area contributed by atoms with Crippen molar-refractivity contribution in [3.05, 3.63) is 46.5 Å². The first kappa shape index (κ1) is 28.7. The van der Waals surface area contributed by atoms with Gasteiger partial charge >= 0.3 is 57.4 Å². The molecule has 0 unspecified atom stereocenters. The molecule has 0 heterocycles. The van der Waals surface area contributed by atoms with Crippen LogP contribution >= 0.6 is 0 Å². The van der Waals surface area contributed by atoms with Crippen molar-refractivity contribution in [1.29, 1.82) is 0 Å². The van der Waals surface area contributed by atoms with Gasteiger partial charge in [0.2, 0.25) is 0 Å². The molecule has 0 aliphatic carbocycles. The second-order valence-electron chi connectivity index (χ2n) is 4.91. The first-order valence-corrected chi connectivity index (χ1v) is 6.84. The van der Waals surface area contributed by atoms with Gasteiger partial charge in [-0.05, 0) is 0 Å². The van der Waals surface area contributed by atoms with Gasteiger partial charge in [0.25, 0.3) is 0 Å². The van der Waals surface area contributed by atoms with Crippen LogP contribution in [0.5, 0.6) is 23.0 Å². The average Bonchev–Trinajstić information content (AvgIpc) is 2.57. The summed E-state index contributed by atoms with van der Waals surface area (Å²) in [5, 5.41) is 77.6. The number of aromatic carboxylic acids is 4.